The van der Waals surface area contributed by atoms with E-state index in [1.54, 1.807) is 0 Å². The van der Waals surface area contributed by atoms with Crippen molar-refractivity contribution in [3.63, 3.8) is 0 Å². The number of carbonyl (C=O) groups excluding carboxylic acids is 1. The number of nitrogens with zero attached hydrogens (tertiary/aromatic N) is 3. The highest BCUT2D eigenvalue weighted by Gasteiger charge is 2.12. The summed E-state index contributed by atoms with van der Waals surface area (Å²) in [5.74, 6) is -0.101. The molecule has 1 aromatic carbocycles. The Bertz CT molecular complexity index is 1000. The van der Waals surface area contributed by atoms with Crippen LogP contribution in [0.3, 0.4) is 0 Å². The van der Waals surface area contributed by atoms with Crippen LogP contribution < -0.4 is 5.32 Å². The Labute approximate surface area is 146 Å². The van der Waals surface area contributed by atoms with Crippen LogP contribution in [0.15, 0.2) is 48.1 Å². The lowest BCUT2D eigenvalue weighted by atomic mass is 10.2. The van der Waals surface area contributed by atoms with Crippen LogP contribution in [0.5, 0.6) is 0 Å². The molecule has 0 atom stereocenters. The number of para-hydroxylation sites is 1. The van der Waals surface area contributed by atoms with E-state index in [4.69, 9.17) is 0 Å². The first-order valence-electron chi connectivity index (χ1n) is 7.43. The Kier molecular flexibility index (Phi) is 3.87. The van der Waals surface area contributed by atoms with Gasteiger partial charge in [-0.05, 0) is 30.7 Å². The SMILES string of the molecule is Cc1cccc2sc(NC(=O)Cc3csc(-n4cccc4)n3)nc12. The number of benzene rings is 1. The molecule has 0 saturated carbocycles. The van der Waals surface area contributed by atoms with E-state index in [0.29, 0.717) is 5.13 Å². The van der Waals surface area contributed by atoms with Gasteiger partial charge in [0.2, 0.25) is 5.91 Å². The first kappa shape index (κ1) is 15.0. The molecule has 1 amide bonds. The normalized spacial score (nSPS) is 11.0. The Morgan fingerprint density at radius 3 is 2.83 bits per heavy atom. The monoisotopic (exact) mass is 354 g/mol. The molecule has 4 rings (SSSR count). The zero-order chi connectivity index (χ0) is 16.5. The highest BCUT2D eigenvalue weighted by Crippen LogP contribution is 2.28. The maximum Gasteiger partial charge on any atom is 0.232 e. The average molecular weight is 354 g/mol. The van der Waals surface area contributed by atoms with E-state index in [-0.39, 0.29) is 12.3 Å². The second-order valence-corrected chi connectivity index (χ2v) is 7.24. The van der Waals surface area contributed by atoms with Crippen LogP contribution in [0, 0.1) is 6.92 Å². The van der Waals surface area contributed by atoms with E-state index in [1.165, 1.54) is 22.7 Å². The number of carbonyl (C=O) groups is 1. The number of anilines is 1. The van der Waals surface area contributed by atoms with Crippen LogP contribution in [0.25, 0.3) is 15.3 Å². The molecule has 1 N–H and O–H groups in total. The minimum absolute atomic E-state index is 0.101. The van der Waals surface area contributed by atoms with Crippen molar-refractivity contribution in [1.82, 2.24) is 14.5 Å². The van der Waals surface area contributed by atoms with E-state index in [2.05, 4.69) is 15.3 Å². The standard InChI is InChI=1S/C17H14N4OS2/c1-11-5-4-6-13-15(11)20-16(24-13)19-14(22)9-12-10-23-17(18-12)21-7-2-3-8-21/h2-8,10H,9H2,1H3,(H,19,20,22). The van der Waals surface area contributed by atoms with Crippen molar-refractivity contribution in [1.29, 1.82) is 0 Å². The second-order valence-electron chi connectivity index (χ2n) is 5.38. The lowest BCUT2D eigenvalue weighted by Crippen LogP contribution is -2.14. The molecule has 24 heavy (non-hydrogen) atoms. The van der Waals surface area contributed by atoms with Gasteiger partial charge in [-0.3, -0.25) is 4.79 Å². The number of nitrogens with one attached hydrogen (secondary N) is 1. The summed E-state index contributed by atoms with van der Waals surface area (Å²) in [6.07, 6.45) is 4.12. The molecule has 0 spiro atoms. The molecule has 0 bridgehead atoms. The van der Waals surface area contributed by atoms with Crippen LogP contribution in [0.1, 0.15) is 11.3 Å². The Morgan fingerprint density at radius 2 is 2.04 bits per heavy atom. The summed E-state index contributed by atoms with van der Waals surface area (Å²) < 4.78 is 3.01. The van der Waals surface area contributed by atoms with Crippen molar-refractivity contribution in [3.8, 4) is 5.13 Å². The van der Waals surface area contributed by atoms with Crippen molar-refractivity contribution in [2.75, 3.05) is 5.32 Å². The molecular formula is C17H14N4OS2. The Hall–Kier alpha value is -2.51. The second kappa shape index (κ2) is 6.18. The largest absolute Gasteiger partial charge is 0.302 e. The lowest BCUT2D eigenvalue weighted by Gasteiger charge is -1.99. The zero-order valence-electron chi connectivity index (χ0n) is 12.9. The molecule has 3 heterocycles. The molecular weight excluding hydrogens is 340 g/mol. The number of aryl methyl sites for hydroxylation is 1. The van der Waals surface area contributed by atoms with Gasteiger partial charge in [0.25, 0.3) is 0 Å². The first-order valence-corrected chi connectivity index (χ1v) is 9.12. The Morgan fingerprint density at radius 1 is 1.21 bits per heavy atom. The van der Waals surface area contributed by atoms with Gasteiger partial charge >= 0.3 is 0 Å². The summed E-state index contributed by atoms with van der Waals surface area (Å²) in [6, 6.07) is 9.93. The van der Waals surface area contributed by atoms with E-state index < -0.39 is 0 Å². The fourth-order valence-corrected chi connectivity index (χ4v) is 4.18. The Balaban J connectivity index is 1.47. The number of fused-ring (bicyclic) bond motifs is 1. The van der Waals surface area contributed by atoms with E-state index >= 15 is 0 Å². The van der Waals surface area contributed by atoms with Crippen molar-refractivity contribution in [2.24, 2.45) is 0 Å². The van der Waals surface area contributed by atoms with Gasteiger partial charge in [0, 0.05) is 17.8 Å². The molecule has 3 aromatic heterocycles. The van der Waals surface area contributed by atoms with Crippen molar-refractivity contribution >= 4 is 43.9 Å². The highest BCUT2D eigenvalue weighted by atomic mass is 32.1. The third-order valence-corrected chi connectivity index (χ3v) is 5.41. The van der Waals surface area contributed by atoms with Gasteiger partial charge < -0.3 is 9.88 Å². The molecule has 7 heteroatoms. The summed E-state index contributed by atoms with van der Waals surface area (Å²) in [7, 11) is 0. The lowest BCUT2D eigenvalue weighted by molar-refractivity contribution is -0.115. The van der Waals surface area contributed by atoms with Crippen LogP contribution in [-0.4, -0.2) is 20.4 Å². The molecule has 0 fully saturated rings. The minimum atomic E-state index is -0.101. The van der Waals surface area contributed by atoms with Crippen LogP contribution in [0.4, 0.5) is 5.13 Å². The number of hydrogen-bond donors (Lipinski definition) is 1. The van der Waals surface area contributed by atoms with Gasteiger partial charge in [0.1, 0.15) is 0 Å². The number of hydrogen-bond acceptors (Lipinski definition) is 5. The predicted octanol–water partition coefficient (Wildman–Crippen LogP) is 4.03. The third kappa shape index (κ3) is 2.95. The molecule has 120 valence electrons. The quantitative estimate of drug-likeness (QED) is 0.602. The third-order valence-electron chi connectivity index (χ3n) is 3.57. The zero-order valence-corrected chi connectivity index (χ0v) is 14.5. The molecule has 4 aromatic rings. The minimum Gasteiger partial charge on any atom is -0.302 e. The van der Waals surface area contributed by atoms with Crippen LogP contribution in [0.2, 0.25) is 0 Å². The average Bonchev–Trinajstić information content (AvgIpc) is 3.26. The van der Waals surface area contributed by atoms with Crippen molar-refractivity contribution in [2.45, 2.75) is 13.3 Å². The fourth-order valence-electron chi connectivity index (χ4n) is 2.43. The molecule has 0 unspecified atom stereocenters. The maximum atomic E-state index is 12.3. The molecule has 5 nitrogen and oxygen atoms in total. The molecule has 0 saturated heterocycles. The van der Waals surface area contributed by atoms with Gasteiger partial charge in [0.15, 0.2) is 10.3 Å². The van der Waals surface area contributed by atoms with E-state index in [1.807, 2.05) is 59.6 Å². The number of thiazole rings is 2. The van der Waals surface area contributed by atoms with Crippen molar-refractivity contribution < 1.29 is 4.79 Å². The predicted molar refractivity (Wildman–Crippen MR) is 98.1 cm³/mol. The number of amides is 1. The summed E-state index contributed by atoms with van der Waals surface area (Å²) >= 11 is 3.01. The van der Waals surface area contributed by atoms with Crippen LogP contribution >= 0.6 is 22.7 Å². The summed E-state index contributed by atoms with van der Waals surface area (Å²) in [5.41, 5.74) is 2.82. The smallest absolute Gasteiger partial charge is 0.232 e. The van der Waals surface area contributed by atoms with Crippen LogP contribution in [-0.2, 0) is 11.2 Å². The molecule has 0 aliphatic heterocycles. The molecule has 0 aliphatic rings. The summed E-state index contributed by atoms with van der Waals surface area (Å²) in [6.45, 7) is 2.02. The molecule has 0 aliphatic carbocycles. The summed E-state index contributed by atoms with van der Waals surface area (Å²) in [4.78, 5) is 21.3. The fraction of sp³-hybridized carbons (Fsp3) is 0.118. The highest BCUT2D eigenvalue weighted by molar-refractivity contribution is 7.22. The maximum absolute atomic E-state index is 12.3. The summed E-state index contributed by atoms with van der Waals surface area (Å²) in [5, 5.41) is 6.28. The van der Waals surface area contributed by atoms with Crippen molar-refractivity contribution in [3.05, 3.63) is 59.4 Å². The van der Waals surface area contributed by atoms with E-state index in [9.17, 15) is 4.79 Å². The van der Waals surface area contributed by atoms with Gasteiger partial charge in [-0.25, -0.2) is 9.97 Å². The number of aromatic nitrogens is 3. The van der Waals surface area contributed by atoms with E-state index in [0.717, 1.165) is 26.6 Å². The van der Waals surface area contributed by atoms with Gasteiger partial charge in [-0.2, -0.15) is 0 Å². The first-order chi connectivity index (χ1) is 11.7. The van der Waals surface area contributed by atoms with Gasteiger partial charge in [0.05, 0.1) is 22.3 Å². The van der Waals surface area contributed by atoms with Gasteiger partial charge in [-0.15, -0.1) is 11.3 Å². The van der Waals surface area contributed by atoms with Gasteiger partial charge in [-0.1, -0.05) is 23.5 Å². The topological polar surface area (TPSA) is 59.8 Å². The molecule has 0 radical (unpaired) electrons. The number of rotatable bonds is 4.